The third-order valence-electron chi connectivity index (χ3n) is 1.39. The summed E-state index contributed by atoms with van der Waals surface area (Å²) in [7, 11) is 0. The van der Waals surface area contributed by atoms with Crippen LogP contribution in [0.25, 0.3) is 0 Å². The Balaban J connectivity index is 0. The Kier molecular flexibility index (Phi) is 10.4. The predicted molar refractivity (Wildman–Crippen MR) is 65.2 cm³/mol. The fourth-order valence-corrected chi connectivity index (χ4v) is 4.84. The molecule has 0 aliphatic carbocycles. The lowest BCUT2D eigenvalue weighted by atomic mass is 10.4. The van der Waals surface area contributed by atoms with E-state index in [4.69, 9.17) is 0 Å². The van der Waals surface area contributed by atoms with Crippen molar-refractivity contribution < 1.29 is 0 Å². The van der Waals surface area contributed by atoms with Gasteiger partial charge in [0.2, 0.25) is 0 Å². The van der Waals surface area contributed by atoms with Crippen LogP contribution in [0.3, 0.4) is 0 Å². The van der Waals surface area contributed by atoms with Crippen LogP contribution in [-0.4, -0.2) is 20.9 Å². The monoisotopic (exact) mass is 258 g/mol. The minimum absolute atomic E-state index is 0. The van der Waals surface area contributed by atoms with Crippen LogP contribution in [0.15, 0.2) is 0 Å². The lowest BCUT2D eigenvalue weighted by Gasteiger charge is -2.03. The summed E-state index contributed by atoms with van der Waals surface area (Å²) in [6.07, 6.45) is 1.33. The quantitative estimate of drug-likeness (QED) is 0.680. The van der Waals surface area contributed by atoms with Crippen molar-refractivity contribution in [1.29, 1.82) is 0 Å². The topological polar surface area (TPSA) is 0 Å². The van der Waals surface area contributed by atoms with Crippen molar-refractivity contribution in [1.82, 2.24) is 0 Å². The molecule has 0 spiro atoms. The second-order valence-corrected chi connectivity index (χ2v) is 5.77. The molecule has 11 heavy (non-hydrogen) atoms. The Labute approximate surface area is 88.4 Å². The van der Waals surface area contributed by atoms with Crippen molar-refractivity contribution in [2.24, 2.45) is 0 Å². The zero-order valence-electron chi connectivity index (χ0n) is 5.47. The Morgan fingerprint density at radius 1 is 1.45 bits per heavy atom. The third kappa shape index (κ3) is 4.69. The molecule has 1 aliphatic rings. The van der Waals surface area contributed by atoms with Gasteiger partial charge in [-0.1, -0.05) is 37.7 Å². The Bertz CT molecular complexity index is 78.2. The molecule has 0 saturated carbocycles. The summed E-state index contributed by atoms with van der Waals surface area (Å²) in [6, 6.07) is 0. The number of halogens is 1. The zero-order chi connectivity index (χ0) is 6.69. The van der Waals surface area contributed by atoms with E-state index < -0.39 is 0 Å². The molecule has 1 aliphatic heterocycles. The van der Waals surface area contributed by atoms with Crippen molar-refractivity contribution in [3.05, 3.63) is 0 Å². The molecule has 0 N–H and O–H groups in total. The summed E-state index contributed by atoms with van der Waals surface area (Å²) in [4.78, 5) is 0. The van der Waals surface area contributed by atoms with Gasteiger partial charge in [-0.2, -0.15) is 0 Å². The van der Waals surface area contributed by atoms with Crippen LogP contribution in [0.4, 0.5) is 0 Å². The van der Waals surface area contributed by atoms with Gasteiger partial charge in [-0.05, 0) is 6.42 Å². The first-order valence-electron chi connectivity index (χ1n) is 3.19. The Morgan fingerprint density at radius 2 is 2.09 bits per heavy atom. The van der Waals surface area contributed by atoms with Crippen molar-refractivity contribution in [3.63, 3.8) is 0 Å². The van der Waals surface area contributed by atoms with Crippen molar-refractivity contribution in [2.75, 3.05) is 11.1 Å². The van der Waals surface area contributed by atoms with Gasteiger partial charge in [0, 0.05) is 16.3 Å². The first-order chi connectivity index (χ1) is 4.36. The van der Waals surface area contributed by atoms with E-state index in [0.29, 0.717) is 0 Å². The highest BCUT2D eigenvalue weighted by molar-refractivity contribution is 9.09. The summed E-state index contributed by atoms with van der Waals surface area (Å²) in [5.41, 5.74) is 0. The number of rotatable bonds is 2. The van der Waals surface area contributed by atoms with Crippen molar-refractivity contribution >= 4 is 39.5 Å². The molecule has 3 heteroatoms. The second-order valence-electron chi connectivity index (χ2n) is 2.08. The normalized spacial score (nSPS) is 28.9. The Morgan fingerprint density at radius 3 is 2.36 bits per heavy atom. The summed E-state index contributed by atoms with van der Waals surface area (Å²) in [6.45, 7) is 2.27. The minimum Gasteiger partial charge on any atom is -0.146 e. The predicted octanol–water partition coefficient (Wildman–Crippen LogP) is 4.24. The number of hydrogen-bond acceptors (Lipinski definition) is 2. The van der Waals surface area contributed by atoms with Gasteiger partial charge in [-0.3, -0.25) is 0 Å². The maximum atomic E-state index is 3.49. The second kappa shape index (κ2) is 7.81. The van der Waals surface area contributed by atoms with E-state index >= 15 is 0 Å². The van der Waals surface area contributed by atoms with E-state index in [-0.39, 0.29) is 14.9 Å². The average Bonchev–Trinajstić information content (AvgIpc) is 2.34. The van der Waals surface area contributed by atoms with Gasteiger partial charge in [0.15, 0.2) is 0 Å². The van der Waals surface area contributed by atoms with E-state index in [0.717, 1.165) is 15.2 Å². The zero-order valence-corrected chi connectivity index (χ0v) is 8.69. The lowest BCUT2D eigenvalue weighted by molar-refractivity contribution is 0.925. The molecule has 2 unspecified atom stereocenters. The molecule has 1 heterocycles. The molecular formula is C8H19BrS2. The first-order valence-corrected chi connectivity index (χ1v) is 6.31. The molecule has 2 atom stereocenters. The standard InChI is InChI=1S/C6H11BrS2.2CH4/c1-2-5-4-8-6(3-7)9-5;;/h5-6H,2-4H2,1H3;2*1H4. The fraction of sp³-hybridized carbons (Fsp3) is 1.00. The van der Waals surface area contributed by atoms with Gasteiger partial charge < -0.3 is 0 Å². The van der Waals surface area contributed by atoms with E-state index in [2.05, 4.69) is 46.4 Å². The SMILES string of the molecule is C.C.CCC1CSC(CBr)S1. The lowest BCUT2D eigenvalue weighted by Crippen LogP contribution is -1.97. The molecule has 70 valence electrons. The van der Waals surface area contributed by atoms with Crippen LogP contribution in [0.5, 0.6) is 0 Å². The fourth-order valence-electron chi connectivity index (χ4n) is 0.803. The molecule has 0 aromatic rings. The van der Waals surface area contributed by atoms with E-state index in [1.807, 2.05) is 0 Å². The van der Waals surface area contributed by atoms with Gasteiger partial charge in [0.05, 0.1) is 4.58 Å². The third-order valence-corrected chi connectivity index (χ3v) is 6.34. The minimum atomic E-state index is 0. The maximum Gasteiger partial charge on any atom is 0.0602 e. The molecule has 0 aromatic carbocycles. The van der Waals surface area contributed by atoms with Crippen molar-refractivity contribution in [2.45, 2.75) is 38.0 Å². The van der Waals surface area contributed by atoms with E-state index in [1.54, 1.807) is 0 Å². The van der Waals surface area contributed by atoms with E-state index in [1.165, 1.54) is 12.2 Å². The number of hydrogen-bond donors (Lipinski definition) is 0. The smallest absolute Gasteiger partial charge is 0.0602 e. The van der Waals surface area contributed by atoms with Gasteiger partial charge >= 0.3 is 0 Å². The summed E-state index contributed by atoms with van der Waals surface area (Å²) in [5.74, 6) is 1.36. The van der Waals surface area contributed by atoms with Crippen LogP contribution >= 0.6 is 39.5 Å². The van der Waals surface area contributed by atoms with Crippen LogP contribution in [0.2, 0.25) is 0 Å². The van der Waals surface area contributed by atoms with Gasteiger partial charge in [0.1, 0.15) is 0 Å². The molecule has 0 bridgehead atoms. The van der Waals surface area contributed by atoms with Gasteiger partial charge in [-0.25, -0.2) is 0 Å². The maximum absolute atomic E-state index is 3.49. The molecular weight excluding hydrogens is 240 g/mol. The first kappa shape index (κ1) is 14.7. The molecule has 0 radical (unpaired) electrons. The number of alkyl halides is 1. The van der Waals surface area contributed by atoms with Crippen LogP contribution in [0.1, 0.15) is 28.2 Å². The van der Waals surface area contributed by atoms with Gasteiger partial charge in [-0.15, -0.1) is 23.5 Å². The highest BCUT2D eigenvalue weighted by atomic mass is 79.9. The summed E-state index contributed by atoms with van der Waals surface area (Å²) < 4.78 is 0.829. The van der Waals surface area contributed by atoms with Crippen molar-refractivity contribution in [3.8, 4) is 0 Å². The average molecular weight is 259 g/mol. The summed E-state index contributed by atoms with van der Waals surface area (Å²) in [5, 5.41) is 2.08. The van der Waals surface area contributed by atoms with Gasteiger partial charge in [0.25, 0.3) is 0 Å². The Hall–Kier alpha value is 1.18. The number of thioether (sulfide) groups is 2. The van der Waals surface area contributed by atoms with E-state index in [9.17, 15) is 0 Å². The highest BCUT2D eigenvalue weighted by Gasteiger charge is 2.22. The molecule has 1 saturated heterocycles. The largest absolute Gasteiger partial charge is 0.146 e. The summed E-state index contributed by atoms with van der Waals surface area (Å²) >= 11 is 7.71. The molecule has 1 rings (SSSR count). The van der Waals surface area contributed by atoms with Crippen LogP contribution in [-0.2, 0) is 0 Å². The molecule has 0 amide bonds. The highest BCUT2D eigenvalue weighted by Crippen LogP contribution is 2.39. The molecule has 0 aromatic heterocycles. The van der Waals surface area contributed by atoms with Crippen LogP contribution in [0, 0.1) is 0 Å². The van der Waals surface area contributed by atoms with Crippen LogP contribution < -0.4 is 0 Å². The molecule has 1 fully saturated rings. The molecule has 0 nitrogen and oxygen atoms in total.